The summed E-state index contributed by atoms with van der Waals surface area (Å²) in [6.45, 7) is 6.73. The predicted octanol–water partition coefficient (Wildman–Crippen LogP) is 0.132. The van der Waals surface area contributed by atoms with Crippen molar-refractivity contribution in [1.29, 1.82) is 0 Å². The summed E-state index contributed by atoms with van der Waals surface area (Å²) in [4.78, 5) is 0. The molecule has 2 rings (SSSR count). The minimum atomic E-state index is 0.517. The quantitative estimate of drug-likeness (QED) is 0.698. The zero-order chi connectivity index (χ0) is 10.5. The maximum Gasteiger partial charge on any atom is 0.0620 e. The zero-order valence-electron chi connectivity index (χ0n) is 9.50. The van der Waals surface area contributed by atoms with Gasteiger partial charge in [-0.05, 0) is 19.8 Å². The van der Waals surface area contributed by atoms with Gasteiger partial charge in [-0.15, -0.1) is 0 Å². The Balaban J connectivity index is 1.64. The fourth-order valence-electron chi connectivity index (χ4n) is 2.33. The first-order valence-electron chi connectivity index (χ1n) is 5.99. The van der Waals surface area contributed by atoms with Crippen LogP contribution in [-0.4, -0.2) is 51.1 Å². The average Bonchev–Trinajstić information content (AvgIpc) is 2.71. The summed E-state index contributed by atoms with van der Waals surface area (Å²) in [6, 6.07) is 1.61. The van der Waals surface area contributed by atoms with E-state index in [0.29, 0.717) is 18.1 Å². The van der Waals surface area contributed by atoms with Gasteiger partial charge in [-0.1, -0.05) is 0 Å². The summed E-state index contributed by atoms with van der Waals surface area (Å²) in [5, 5.41) is 7.08. The van der Waals surface area contributed by atoms with Gasteiger partial charge in [-0.2, -0.15) is 0 Å². The lowest BCUT2D eigenvalue weighted by Crippen LogP contribution is -2.46. The van der Waals surface area contributed by atoms with Crippen LogP contribution in [0.25, 0.3) is 0 Å². The molecule has 3 unspecified atom stereocenters. The van der Waals surface area contributed by atoms with E-state index in [1.54, 1.807) is 0 Å². The molecule has 0 amide bonds. The summed E-state index contributed by atoms with van der Waals surface area (Å²) in [7, 11) is 0. The summed E-state index contributed by atoms with van der Waals surface area (Å²) in [5.41, 5.74) is 0. The highest BCUT2D eigenvalue weighted by Crippen LogP contribution is 2.08. The van der Waals surface area contributed by atoms with E-state index >= 15 is 0 Å². The molecule has 0 aromatic carbocycles. The maximum absolute atomic E-state index is 5.44. The molecule has 0 spiro atoms. The Hall–Kier alpha value is -0.160. The number of rotatable bonds is 4. The first-order chi connectivity index (χ1) is 7.34. The molecular weight excluding hydrogens is 192 g/mol. The fraction of sp³-hybridized carbons (Fsp3) is 1.00. The van der Waals surface area contributed by atoms with Gasteiger partial charge in [0.05, 0.1) is 19.8 Å². The van der Waals surface area contributed by atoms with E-state index in [0.717, 1.165) is 45.8 Å². The SMILES string of the molecule is CC(CC1COCCN1)NC1CCOC1. The minimum absolute atomic E-state index is 0.517. The van der Waals surface area contributed by atoms with E-state index in [1.807, 2.05) is 0 Å². The van der Waals surface area contributed by atoms with Crippen LogP contribution in [0.4, 0.5) is 0 Å². The molecule has 0 aliphatic carbocycles. The van der Waals surface area contributed by atoms with E-state index in [4.69, 9.17) is 9.47 Å². The number of hydrogen-bond acceptors (Lipinski definition) is 4. The third-order valence-electron chi connectivity index (χ3n) is 3.09. The van der Waals surface area contributed by atoms with E-state index in [2.05, 4.69) is 17.6 Å². The van der Waals surface area contributed by atoms with E-state index in [9.17, 15) is 0 Å². The van der Waals surface area contributed by atoms with Crippen molar-refractivity contribution in [2.75, 3.05) is 33.0 Å². The highest BCUT2D eigenvalue weighted by molar-refractivity contribution is 4.80. The molecular formula is C11H22N2O2. The zero-order valence-corrected chi connectivity index (χ0v) is 9.50. The van der Waals surface area contributed by atoms with Gasteiger partial charge in [0.25, 0.3) is 0 Å². The lowest BCUT2D eigenvalue weighted by atomic mass is 10.1. The van der Waals surface area contributed by atoms with Crippen molar-refractivity contribution in [2.24, 2.45) is 0 Å². The van der Waals surface area contributed by atoms with Crippen LogP contribution < -0.4 is 10.6 Å². The largest absolute Gasteiger partial charge is 0.380 e. The second-order valence-corrected chi connectivity index (χ2v) is 4.59. The molecule has 2 fully saturated rings. The van der Waals surface area contributed by atoms with Crippen LogP contribution in [-0.2, 0) is 9.47 Å². The number of nitrogens with one attached hydrogen (secondary N) is 2. The molecule has 4 nitrogen and oxygen atoms in total. The maximum atomic E-state index is 5.44. The highest BCUT2D eigenvalue weighted by atomic mass is 16.5. The van der Waals surface area contributed by atoms with Gasteiger partial charge in [0.2, 0.25) is 0 Å². The molecule has 2 saturated heterocycles. The topological polar surface area (TPSA) is 42.5 Å². The van der Waals surface area contributed by atoms with Gasteiger partial charge in [0.15, 0.2) is 0 Å². The second-order valence-electron chi connectivity index (χ2n) is 4.59. The molecule has 0 aromatic heterocycles. The van der Waals surface area contributed by atoms with Gasteiger partial charge in [0.1, 0.15) is 0 Å². The van der Waals surface area contributed by atoms with Gasteiger partial charge < -0.3 is 20.1 Å². The molecule has 88 valence electrons. The van der Waals surface area contributed by atoms with Crippen molar-refractivity contribution in [3.8, 4) is 0 Å². The lowest BCUT2D eigenvalue weighted by molar-refractivity contribution is 0.0706. The molecule has 15 heavy (non-hydrogen) atoms. The average molecular weight is 214 g/mol. The Morgan fingerprint density at radius 2 is 2.20 bits per heavy atom. The van der Waals surface area contributed by atoms with Crippen LogP contribution in [0.3, 0.4) is 0 Å². The molecule has 2 aliphatic rings. The van der Waals surface area contributed by atoms with E-state index < -0.39 is 0 Å². The molecule has 2 heterocycles. The van der Waals surface area contributed by atoms with Gasteiger partial charge in [-0.25, -0.2) is 0 Å². The van der Waals surface area contributed by atoms with Crippen LogP contribution >= 0.6 is 0 Å². The molecule has 0 aromatic rings. The van der Waals surface area contributed by atoms with Crippen LogP contribution in [0.15, 0.2) is 0 Å². The second kappa shape index (κ2) is 5.80. The Labute approximate surface area is 91.7 Å². The molecule has 2 aliphatic heterocycles. The van der Waals surface area contributed by atoms with Crippen LogP contribution in [0, 0.1) is 0 Å². The normalized spacial score (nSPS) is 34.2. The third kappa shape index (κ3) is 3.72. The van der Waals surface area contributed by atoms with Gasteiger partial charge in [0, 0.05) is 31.3 Å². The Kier molecular flexibility index (Phi) is 4.38. The molecule has 2 N–H and O–H groups in total. The number of hydrogen-bond donors (Lipinski definition) is 2. The fourth-order valence-corrected chi connectivity index (χ4v) is 2.33. The highest BCUT2D eigenvalue weighted by Gasteiger charge is 2.20. The minimum Gasteiger partial charge on any atom is -0.380 e. The Morgan fingerprint density at radius 1 is 1.33 bits per heavy atom. The smallest absolute Gasteiger partial charge is 0.0620 e. The number of ether oxygens (including phenoxy) is 2. The van der Waals surface area contributed by atoms with Crippen LogP contribution in [0.5, 0.6) is 0 Å². The van der Waals surface area contributed by atoms with Gasteiger partial charge >= 0.3 is 0 Å². The van der Waals surface area contributed by atoms with Crippen molar-refractivity contribution in [3.05, 3.63) is 0 Å². The standard InChI is InChI=1S/C11H22N2O2/c1-9(13-10-2-4-14-7-10)6-11-8-15-5-3-12-11/h9-13H,2-8H2,1H3. The first kappa shape index (κ1) is 11.3. The van der Waals surface area contributed by atoms with Crippen molar-refractivity contribution in [1.82, 2.24) is 10.6 Å². The third-order valence-corrected chi connectivity index (χ3v) is 3.09. The molecule has 3 atom stereocenters. The van der Waals surface area contributed by atoms with Crippen molar-refractivity contribution >= 4 is 0 Å². The van der Waals surface area contributed by atoms with Gasteiger partial charge in [-0.3, -0.25) is 0 Å². The number of morpholine rings is 1. The van der Waals surface area contributed by atoms with Crippen molar-refractivity contribution in [2.45, 2.75) is 37.9 Å². The summed E-state index contributed by atoms with van der Waals surface area (Å²) in [5.74, 6) is 0. The van der Waals surface area contributed by atoms with Crippen LogP contribution in [0.1, 0.15) is 19.8 Å². The Morgan fingerprint density at radius 3 is 2.87 bits per heavy atom. The lowest BCUT2D eigenvalue weighted by Gasteiger charge is -2.27. The molecule has 0 radical (unpaired) electrons. The molecule has 0 bridgehead atoms. The molecule has 0 saturated carbocycles. The first-order valence-corrected chi connectivity index (χ1v) is 5.99. The molecule has 4 heteroatoms. The monoisotopic (exact) mass is 214 g/mol. The van der Waals surface area contributed by atoms with E-state index in [1.165, 1.54) is 0 Å². The van der Waals surface area contributed by atoms with Crippen molar-refractivity contribution < 1.29 is 9.47 Å². The summed E-state index contributed by atoms with van der Waals surface area (Å²) in [6.07, 6.45) is 2.29. The Bertz CT molecular complexity index is 177. The summed E-state index contributed by atoms with van der Waals surface area (Å²) < 4.78 is 10.8. The van der Waals surface area contributed by atoms with E-state index in [-0.39, 0.29) is 0 Å². The predicted molar refractivity (Wildman–Crippen MR) is 59.0 cm³/mol. The summed E-state index contributed by atoms with van der Waals surface area (Å²) >= 11 is 0. The van der Waals surface area contributed by atoms with Crippen LogP contribution in [0.2, 0.25) is 0 Å². The van der Waals surface area contributed by atoms with Crippen molar-refractivity contribution in [3.63, 3.8) is 0 Å².